The minimum absolute atomic E-state index is 0.330. The molecule has 174 valence electrons. The van der Waals surface area contributed by atoms with Crippen LogP contribution in [-0.2, 0) is 6.54 Å². The quantitative estimate of drug-likeness (QED) is 0.282. The van der Waals surface area contributed by atoms with Gasteiger partial charge in [-0.25, -0.2) is 5.43 Å². The summed E-state index contributed by atoms with van der Waals surface area (Å²) in [6, 6.07) is 19.0. The number of ether oxygens (including phenoxy) is 3. The molecule has 0 radical (unpaired) electrons. The van der Waals surface area contributed by atoms with Crippen molar-refractivity contribution in [3.8, 4) is 17.2 Å². The maximum absolute atomic E-state index is 12.7. The number of amides is 1. The summed E-state index contributed by atoms with van der Waals surface area (Å²) in [5.74, 6) is 0.793. The average molecular weight is 478 g/mol. The predicted molar refractivity (Wildman–Crippen MR) is 134 cm³/mol. The second-order valence-electron chi connectivity index (χ2n) is 7.47. The predicted octanol–water partition coefficient (Wildman–Crippen LogP) is 5.13. The minimum atomic E-state index is -0.402. The van der Waals surface area contributed by atoms with E-state index in [4.69, 9.17) is 25.8 Å². The van der Waals surface area contributed by atoms with Crippen molar-refractivity contribution in [3.63, 3.8) is 0 Å². The third-order valence-corrected chi connectivity index (χ3v) is 5.63. The fourth-order valence-corrected chi connectivity index (χ4v) is 3.86. The molecule has 3 aromatic carbocycles. The van der Waals surface area contributed by atoms with Gasteiger partial charge in [0.2, 0.25) is 5.75 Å². The monoisotopic (exact) mass is 477 g/mol. The smallest absolute Gasteiger partial charge is 0.271 e. The molecule has 1 amide bonds. The van der Waals surface area contributed by atoms with Crippen LogP contribution in [0.5, 0.6) is 17.2 Å². The van der Waals surface area contributed by atoms with Crippen LogP contribution in [0.15, 0.2) is 72.0 Å². The maximum atomic E-state index is 12.7. The Kier molecular flexibility index (Phi) is 7.04. The summed E-state index contributed by atoms with van der Waals surface area (Å²) in [5.41, 5.74) is 5.98. The van der Waals surface area contributed by atoms with E-state index in [1.54, 1.807) is 18.3 Å². The van der Waals surface area contributed by atoms with E-state index >= 15 is 0 Å². The normalized spacial score (nSPS) is 11.1. The lowest BCUT2D eigenvalue weighted by atomic mass is 10.1. The van der Waals surface area contributed by atoms with Gasteiger partial charge in [-0.3, -0.25) is 4.79 Å². The summed E-state index contributed by atoms with van der Waals surface area (Å²) >= 11 is 6.01. The average Bonchev–Trinajstić information content (AvgIpc) is 3.21. The molecule has 8 heteroatoms. The second kappa shape index (κ2) is 10.3. The Bertz CT molecular complexity index is 1320. The summed E-state index contributed by atoms with van der Waals surface area (Å²) < 4.78 is 18.1. The van der Waals surface area contributed by atoms with E-state index in [1.165, 1.54) is 21.3 Å². The van der Waals surface area contributed by atoms with Crippen molar-refractivity contribution in [3.05, 3.63) is 88.6 Å². The SMILES string of the molecule is COc1cc(C(=O)NN=Cc2cn(Cc3ccc(Cl)cc3)c3ccccc23)cc(OC)c1OC. The molecule has 0 aliphatic heterocycles. The van der Waals surface area contributed by atoms with E-state index in [2.05, 4.69) is 21.2 Å². The van der Waals surface area contributed by atoms with Gasteiger partial charge in [0.15, 0.2) is 11.5 Å². The molecule has 0 atom stereocenters. The van der Waals surface area contributed by atoms with Gasteiger partial charge in [0.1, 0.15) is 0 Å². The van der Waals surface area contributed by atoms with Crippen LogP contribution in [-0.4, -0.2) is 38.0 Å². The number of halogens is 1. The van der Waals surface area contributed by atoms with Crippen molar-refractivity contribution >= 4 is 34.6 Å². The number of para-hydroxylation sites is 1. The zero-order chi connectivity index (χ0) is 24.1. The van der Waals surface area contributed by atoms with Crippen molar-refractivity contribution in [1.29, 1.82) is 0 Å². The minimum Gasteiger partial charge on any atom is -0.493 e. The van der Waals surface area contributed by atoms with Gasteiger partial charge >= 0.3 is 0 Å². The highest BCUT2D eigenvalue weighted by atomic mass is 35.5. The molecular formula is C26H24ClN3O4. The largest absolute Gasteiger partial charge is 0.493 e. The molecule has 4 aromatic rings. The lowest BCUT2D eigenvalue weighted by molar-refractivity contribution is 0.0954. The van der Waals surface area contributed by atoms with Crippen LogP contribution in [0.1, 0.15) is 21.5 Å². The summed E-state index contributed by atoms with van der Waals surface area (Å²) in [5, 5.41) is 5.92. The number of methoxy groups -OCH3 is 3. The molecule has 0 fully saturated rings. The topological polar surface area (TPSA) is 74.1 Å². The summed E-state index contributed by atoms with van der Waals surface area (Å²) in [6.45, 7) is 0.684. The van der Waals surface area contributed by atoms with Crippen molar-refractivity contribution in [1.82, 2.24) is 9.99 Å². The first kappa shape index (κ1) is 23.2. The number of aromatic nitrogens is 1. The molecular weight excluding hydrogens is 454 g/mol. The van der Waals surface area contributed by atoms with Crippen molar-refractivity contribution in [2.24, 2.45) is 5.10 Å². The fourth-order valence-electron chi connectivity index (χ4n) is 3.73. The molecule has 0 saturated carbocycles. The van der Waals surface area contributed by atoms with Gasteiger partial charge in [-0.2, -0.15) is 5.10 Å². The van der Waals surface area contributed by atoms with E-state index < -0.39 is 5.91 Å². The molecule has 34 heavy (non-hydrogen) atoms. The Labute approximate surface area is 202 Å². The van der Waals surface area contributed by atoms with E-state index in [9.17, 15) is 4.79 Å². The van der Waals surface area contributed by atoms with Crippen LogP contribution < -0.4 is 19.6 Å². The van der Waals surface area contributed by atoms with Crippen LogP contribution in [0.4, 0.5) is 0 Å². The number of hydrogen-bond acceptors (Lipinski definition) is 5. The number of rotatable bonds is 8. The van der Waals surface area contributed by atoms with E-state index in [0.29, 0.717) is 34.4 Å². The third-order valence-electron chi connectivity index (χ3n) is 5.38. The van der Waals surface area contributed by atoms with Crippen LogP contribution in [0, 0.1) is 0 Å². The molecule has 4 rings (SSSR count). The number of benzene rings is 3. The maximum Gasteiger partial charge on any atom is 0.271 e. The van der Waals surface area contributed by atoms with Gasteiger partial charge in [0.25, 0.3) is 5.91 Å². The second-order valence-corrected chi connectivity index (χ2v) is 7.91. The first-order chi connectivity index (χ1) is 16.5. The van der Waals surface area contributed by atoms with Crippen LogP contribution in [0.3, 0.4) is 0 Å². The Morgan fingerprint density at radius 1 is 1.00 bits per heavy atom. The molecule has 0 aliphatic rings. The summed E-state index contributed by atoms with van der Waals surface area (Å²) in [6.07, 6.45) is 3.64. The number of nitrogens with one attached hydrogen (secondary N) is 1. The Hall–Kier alpha value is -3.97. The van der Waals surface area contributed by atoms with E-state index in [0.717, 1.165) is 22.0 Å². The summed E-state index contributed by atoms with van der Waals surface area (Å²) in [4.78, 5) is 12.7. The van der Waals surface area contributed by atoms with Gasteiger partial charge in [0, 0.05) is 39.8 Å². The van der Waals surface area contributed by atoms with Crippen molar-refractivity contribution in [2.45, 2.75) is 6.54 Å². The van der Waals surface area contributed by atoms with Crippen LogP contribution >= 0.6 is 11.6 Å². The van der Waals surface area contributed by atoms with Crippen LogP contribution in [0.2, 0.25) is 5.02 Å². The number of carbonyl (C=O) groups excluding carboxylic acids is 1. The van der Waals surface area contributed by atoms with Gasteiger partial charge in [-0.15, -0.1) is 0 Å². The number of fused-ring (bicyclic) bond motifs is 1. The molecule has 0 unspecified atom stereocenters. The number of nitrogens with zero attached hydrogens (tertiary/aromatic N) is 2. The highest BCUT2D eigenvalue weighted by Gasteiger charge is 2.17. The Morgan fingerprint density at radius 3 is 2.32 bits per heavy atom. The zero-order valence-corrected chi connectivity index (χ0v) is 19.8. The van der Waals surface area contributed by atoms with Gasteiger partial charge in [-0.1, -0.05) is 41.9 Å². The molecule has 1 heterocycles. The highest BCUT2D eigenvalue weighted by molar-refractivity contribution is 6.30. The number of hydrogen-bond donors (Lipinski definition) is 1. The molecule has 0 saturated heterocycles. The van der Waals surface area contributed by atoms with Gasteiger partial charge in [0.05, 0.1) is 27.5 Å². The third kappa shape index (κ3) is 4.84. The Morgan fingerprint density at radius 2 is 1.68 bits per heavy atom. The first-order valence-corrected chi connectivity index (χ1v) is 10.9. The molecule has 1 aromatic heterocycles. The molecule has 7 nitrogen and oxygen atoms in total. The zero-order valence-electron chi connectivity index (χ0n) is 19.0. The van der Waals surface area contributed by atoms with Crippen molar-refractivity contribution < 1.29 is 19.0 Å². The van der Waals surface area contributed by atoms with E-state index in [-0.39, 0.29) is 0 Å². The van der Waals surface area contributed by atoms with Gasteiger partial charge in [-0.05, 0) is 35.9 Å². The Balaban J connectivity index is 1.56. The molecule has 0 spiro atoms. The lowest BCUT2D eigenvalue weighted by Crippen LogP contribution is -2.18. The van der Waals surface area contributed by atoms with Gasteiger partial charge < -0.3 is 18.8 Å². The molecule has 0 aliphatic carbocycles. The number of carbonyl (C=O) groups is 1. The van der Waals surface area contributed by atoms with Crippen LogP contribution in [0.25, 0.3) is 10.9 Å². The highest BCUT2D eigenvalue weighted by Crippen LogP contribution is 2.38. The first-order valence-electron chi connectivity index (χ1n) is 10.5. The molecule has 0 bridgehead atoms. The number of hydrazone groups is 1. The van der Waals surface area contributed by atoms with E-state index in [1.807, 2.05) is 48.7 Å². The lowest BCUT2D eigenvalue weighted by Gasteiger charge is -2.13. The molecule has 1 N–H and O–H groups in total. The van der Waals surface area contributed by atoms with Crippen molar-refractivity contribution in [2.75, 3.05) is 21.3 Å². The fraction of sp³-hybridized carbons (Fsp3) is 0.154. The summed E-state index contributed by atoms with van der Waals surface area (Å²) in [7, 11) is 4.50. The standard InChI is InChI=1S/C26H24ClN3O4/c1-32-23-12-18(13-24(33-2)25(23)34-3)26(31)29-28-14-19-16-30(22-7-5-4-6-21(19)22)15-17-8-10-20(27)11-9-17/h4-14,16H,15H2,1-3H3,(H,29,31).